The zero-order chi connectivity index (χ0) is 13.0. The number of carboxylic acids is 1. The Morgan fingerprint density at radius 3 is 2.41 bits per heavy atom. The number of hydrogen-bond acceptors (Lipinski definition) is 4. The number of nitrogens with one attached hydrogen (secondary N) is 1. The molecule has 0 bridgehead atoms. The summed E-state index contributed by atoms with van der Waals surface area (Å²) in [5.74, 6) is -1.90. The van der Waals surface area contributed by atoms with Crippen molar-refractivity contribution in [1.82, 2.24) is 5.32 Å². The van der Waals surface area contributed by atoms with Crippen molar-refractivity contribution in [1.29, 1.82) is 0 Å². The number of rotatable bonds is 4. The molecule has 0 aliphatic rings. The summed E-state index contributed by atoms with van der Waals surface area (Å²) < 4.78 is 0. The van der Waals surface area contributed by atoms with Gasteiger partial charge >= 0.3 is 12.0 Å². The predicted molar refractivity (Wildman–Crippen MR) is 57.6 cm³/mol. The summed E-state index contributed by atoms with van der Waals surface area (Å²) >= 11 is 0. The third-order valence-electron chi connectivity index (χ3n) is 2.09. The molecule has 0 aliphatic carbocycles. The highest BCUT2D eigenvalue weighted by atomic mass is 16.4. The maximum absolute atomic E-state index is 10.8. The largest absolute Gasteiger partial charge is 0.504 e. The molecule has 1 aromatic carbocycles. The number of aromatic hydroxyl groups is 2. The van der Waals surface area contributed by atoms with Gasteiger partial charge in [0.2, 0.25) is 0 Å². The van der Waals surface area contributed by atoms with E-state index in [1.807, 2.05) is 0 Å². The average Bonchev–Trinajstić information content (AvgIpc) is 2.21. The summed E-state index contributed by atoms with van der Waals surface area (Å²) in [6, 6.07) is 1.76. The van der Waals surface area contributed by atoms with Crippen LogP contribution in [0.25, 0.3) is 0 Å². The standard InChI is InChI=1S/C10H12N2O5/c11-10(17)12-6(9(15)16)3-5-1-2-7(13)8(14)4-5/h1-2,4,6,13-14H,3H2,(H,15,16)(H3,11,12,17)/t6-/m0/s1. The molecule has 1 rings (SSSR count). The third-order valence-corrected chi connectivity index (χ3v) is 2.09. The van der Waals surface area contributed by atoms with Crippen LogP contribution in [0, 0.1) is 0 Å². The van der Waals surface area contributed by atoms with Crippen molar-refractivity contribution in [3.63, 3.8) is 0 Å². The first-order valence-corrected chi connectivity index (χ1v) is 4.69. The van der Waals surface area contributed by atoms with Crippen molar-refractivity contribution in [2.24, 2.45) is 5.73 Å². The number of primary amides is 1. The fourth-order valence-corrected chi connectivity index (χ4v) is 1.30. The van der Waals surface area contributed by atoms with Gasteiger partial charge in [-0.05, 0) is 17.7 Å². The van der Waals surface area contributed by atoms with E-state index in [2.05, 4.69) is 5.32 Å². The summed E-state index contributed by atoms with van der Waals surface area (Å²) in [6.45, 7) is 0. The molecule has 0 aromatic heterocycles. The molecule has 0 unspecified atom stereocenters. The van der Waals surface area contributed by atoms with Gasteiger partial charge in [0.25, 0.3) is 0 Å². The minimum atomic E-state index is -1.24. The normalized spacial score (nSPS) is 11.8. The number of urea groups is 1. The van der Waals surface area contributed by atoms with E-state index in [0.717, 1.165) is 0 Å². The van der Waals surface area contributed by atoms with E-state index in [9.17, 15) is 14.7 Å². The number of carbonyl (C=O) groups is 2. The lowest BCUT2D eigenvalue weighted by atomic mass is 10.1. The topological polar surface area (TPSA) is 133 Å². The first-order valence-electron chi connectivity index (χ1n) is 4.69. The van der Waals surface area contributed by atoms with Crippen molar-refractivity contribution in [3.8, 4) is 11.5 Å². The van der Waals surface area contributed by atoms with Crippen LogP contribution in [0.3, 0.4) is 0 Å². The van der Waals surface area contributed by atoms with E-state index in [1.54, 1.807) is 0 Å². The van der Waals surface area contributed by atoms with Gasteiger partial charge in [0, 0.05) is 6.42 Å². The monoisotopic (exact) mass is 240 g/mol. The van der Waals surface area contributed by atoms with Gasteiger partial charge in [-0.25, -0.2) is 9.59 Å². The van der Waals surface area contributed by atoms with Gasteiger partial charge in [-0.1, -0.05) is 6.07 Å². The van der Waals surface area contributed by atoms with Crippen molar-refractivity contribution >= 4 is 12.0 Å². The van der Waals surface area contributed by atoms with Gasteiger partial charge in [0.1, 0.15) is 6.04 Å². The van der Waals surface area contributed by atoms with E-state index in [1.165, 1.54) is 18.2 Å². The Bertz CT molecular complexity index is 446. The molecule has 0 fully saturated rings. The zero-order valence-electron chi connectivity index (χ0n) is 8.75. The number of phenols is 2. The maximum Gasteiger partial charge on any atom is 0.326 e. The Labute approximate surface area is 96.5 Å². The lowest BCUT2D eigenvalue weighted by Gasteiger charge is -2.13. The number of hydrogen-bond donors (Lipinski definition) is 5. The molecular formula is C10H12N2O5. The minimum Gasteiger partial charge on any atom is -0.504 e. The Morgan fingerprint density at radius 2 is 1.94 bits per heavy atom. The number of amides is 2. The van der Waals surface area contributed by atoms with Crippen LogP contribution in [0.15, 0.2) is 18.2 Å². The molecule has 0 saturated carbocycles. The lowest BCUT2D eigenvalue weighted by molar-refractivity contribution is -0.139. The Balaban J connectivity index is 2.82. The summed E-state index contributed by atoms with van der Waals surface area (Å²) in [7, 11) is 0. The zero-order valence-corrected chi connectivity index (χ0v) is 8.75. The van der Waals surface area contributed by atoms with Gasteiger partial charge in [0.15, 0.2) is 11.5 Å². The van der Waals surface area contributed by atoms with E-state index in [4.69, 9.17) is 15.9 Å². The number of carbonyl (C=O) groups excluding carboxylic acids is 1. The van der Waals surface area contributed by atoms with Crippen LogP contribution in [0.5, 0.6) is 11.5 Å². The Kier molecular flexibility index (Phi) is 3.76. The van der Waals surface area contributed by atoms with Gasteiger partial charge in [0.05, 0.1) is 0 Å². The molecule has 0 aliphatic heterocycles. The fourth-order valence-electron chi connectivity index (χ4n) is 1.30. The van der Waals surface area contributed by atoms with Crippen LogP contribution < -0.4 is 11.1 Å². The first kappa shape index (κ1) is 12.6. The average molecular weight is 240 g/mol. The molecule has 7 nitrogen and oxygen atoms in total. The molecule has 6 N–H and O–H groups in total. The van der Waals surface area contributed by atoms with Gasteiger partial charge in [-0.2, -0.15) is 0 Å². The minimum absolute atomic E-state index is 0.0495. The molecular weight excluding hydrogens is 228 g/mol. The quantitative estimate of drug-likeness (QED) is 0.463. The van der Waals surface area contributed by atoms with Gasteiger partial charge < -0.3 is 26.4 Å². The van der Waals surface area contributed by atoms with Crippen molar-refractivity contribution in [2.45, 2.75) is 12.5 Å². The number of carboxylic acid groups (broad SMARTS) is 1. The van der Waals surface area contributed by atoms with E-state index < -0.39 is 18.0 Å². The summed E-state index contributed by atoms with van der Waals surface area (Å²) in [5, 5.41) is 29.2. The molecule has 2 amide bonds. The van der Waals surface area contributed by atoms with E-state index in [0.29, 0.717) is 5.56 Å². The highest BCUT2D eigenvalue weighted by Crippen LogP contribution is 2.25. The highest BCUT2D eigenvalue weighted by Gasteiger charge is 2.19. The second-order valence-corrected chi connectivity index (χ2v) is 3.43. The molecule has 0 saturated heterocycles. The summed E-state index contributed by atoms with van der Waals surface area (Å²) in [6.07, 6.45) is -0.0495. The highest BCUT2D eigenvalue weighted by molar-refractivity contribution is 5.81. The van der Waals surface area contributed by atoms with Crippen LogP contribution in [-0.2, 0) is 11.2 Å². The number of aliphatic carboxylic acids is 1. The number of benzene rings is 1. The van der Waals surface area contributed by atoms with E-state index in [-0.39, 0.29) is 17.9 Å². The van der Waals surface area contributed by atoms with Crippen molar-refractivity contribution in [3.05, 3.63) is 23.8 Å². The molecule has 0 radical (unpaired) electrons. The Morgan fingerprint density at radius 1 is 1.29 bits per heavy atom. The SMILES string of the molecule is NC(=O)N[C@@H](Cc1ccc(O)c(O)c1)C(=O)O. The third kappa shape index (κ3) is 3.56. The second-order valence-electron chi connectivity index (χ2n) is 3.43. The molecule has 1 aromatic rings. The maximum atomic E-state index is 10.8. The molecule has 92 valence electrons. The fraction of sp³-hybridized carbons (Fsp3) is 0.200. The van der Waals surface area contributed by atoms with Crippen LogP contribution in [0.1, 0.15) is 5.56 Å². The molecule has 0 heterocycles. The van der Waals surface area contributed by atoms with Gasteiger partial charge in [-0.15, -0.1) is 0 Å². The van der Waals surface area contributed by atoms with Crippen molar-refractivity contribution in [2.75, 3.05) is 0 Å². The lowest BCUT2D eigenvalue weighted by Crippen LogP contribution is -2.44. The van der Waals surface area contributed by atoms with Crippen LogP contribution in [0.2, 0.25) is 0 Å². The second kappa shape index (κ2) is 5.06. The van der Waals surface area contributed by atoms with Crippen LogP contribution in [0.4, 0.5) is 4.79 Å². The van der Waals surface area contributed by atoms with Crippen LogP contribution >= 0.6 is 0 Å². The molecule has 0 spiro atoms. The summed E-state index contributed by atoms with van der Waals surface area (Å²) in [5.41, 5.74) is 5.28. The van der Waals surface area contributed by atoms with Gasteiger partial charge in [-0.3, -0.25) is 0 Å². The van der Waals surface area contributed by atoms with Crippen molar-refractivity contribution < 1.29 is 24.9 Å². The molecule has 7 heteroatoms. The van der Waals surface area contributed by atoms with E-state index >= 15 is 0 Å². The number of phenolic OH excluding ortho intramolecular Hbond substituents is 2. The number of nitrogens with two attached hydrogens (primary N) is 1. The first-order chi connectivity index (χ1) is 7.90. The smallest absolute Gasteiger partial charge is 0.326 e. The molecule has 17 heavy (non-hydrogen) atoms. The summed E-state index contributed by atoms with van der Waals surface area (Å²) in [4.78, 5) is 21.4. The predicted octanol–water partition coefficient (Wildman–Crippen LogP) is -0.238. The molecule has 1 atom stereocenters. The Hall–Kier alpha value is -2.44. The van der Waals surface area contributed by atoms with Crippen LogP contribution in [-0.4, -0.2) is 33.4 Å².